The topological polar surface area (TPSA) is 79.1 Å². The number of carbonyl (C=O) groups excluding carboxylic acids is 1. The van der Waals surface area contributed by atoms with E-state index < -0.39 is 12.0 Å². The van der Waals surface area contributed by atoms with Gasteiger partial charge in [0, 0.05) is 15.6 Å². The van der Waals surface area contributed by atoms with E-state index in [2.05, 4.69) is 4.99 Å². The largest absolute Gasteiger partial charge is 0.497 e. The second-order valence-electron chi connectivity index (χ2n) is 9.17. The van der Waals surface area contributed by atoms with Crippen molar-refractivity contribution in [1.82, 2.24) is 4.57 Å². The van der Waals surface area contributed by atoms with E-state index in [1.54, 1.807) is 55.9 Å². The van der Waals surface area contributed by atoms with Crippen LogP contribution in [0, 0.1) is 0 Å². The minimum atomic E-state index is -0.686. The predicted molar refractivity (Wildman–Crippen MR) is 161 cm³/mol. The Hall–Kier alpha value is -3.85. The number of hydrogen-bond acceptors (Lipinski definition) is 7. The minimum absolute atomic E-state index is 0.210. The number of aromatic nitrogens is 1. The van der Waals surface area contributed by atoms with E-state index in [9.17, 15) is 9.59 Å². The van der Waals surface area contributed by atoms with Gasteiger partial charge < -0.3 is 14.2 Å². The van der Waals surface area contributed by atoms with Gasteiger partial charge in [-0.3, -0.25) is 9.36 Å². The molecule has 0 amide bonds. The summed E-state index contributed by atoms with van der Waals surface area (Å²) >= 11 is 13.5. The van der Waals surface area contributed by atoms with Crippen molar-refractivity contribution in [3.8, 4) is 11.5 Å². The molecule has 2 heterocycles. The van der Waals surface area contributed by atoms with Crippen molar-refractivity contribution in [2.24, 2.45) is 4.99 Å². The van der Waals surface area contributed by atoms with Gasteiger partial charge in [-0.2, -0.15) is 0 Å². The first-order valence-corrected chi connectivity index (χ1v) is 14.4. The molecular weight excluding hydrogens is 583 g/mol. The predicted octanol–water partition coefficient (Wildman–Crippen LogP) is 5.69. The molecule has 41 heavy (non-hydrogen) atoms. The third-order valence-corrected chi connectivity index (χ3v) is 8.11. The number of carbonyl (C=O) groups is 1. The van der Waals surface area contributed by atoms with Gasteiger partial charge in [-0.05, 0) is 67.4 Å². The Morgan fingerprint density at radius 1 is 1.05 bits per heavy atom. The van der Waals surface area contributed by atoms with Crippen LogP contribution in [0.2, 0.25) is 10.0 Å². The summed E-state index contributed by atoms with van der Waals surface area (Å²) < 4.78 is 18.6. The van der Waals surface area contributed by atoms with Gasteiger partial charge in [-0.1, -0.05) is 64.9 Å². The Morgan fingerprint density at radius 2 is 1.76 bits per heavy atom. The lowest BCUT2D eigenvalue weighted by molar-refractivity contribution is -0.139. The minimum Gasteiger partial charge on any atom is -0.497 e. The molecule has 4 aromatic rings. The summed E-state index contributed by atoms with van der Waals surface area (Å²) in [7, 11) is 1.58. The fraction of sp³-hybridized carbons (Fsp3) is 0.194. The Bertz CT molecular complexity index is 1810. The monoisotopic (exact) mass is 608 g/mol. The van der Waals surface area contributed by atoms with Crippen LogP contribution in [0.15, 0.2) is 87.8 Å². The number of benzene rings is 3. The smallest absolute Gasteiger partial charge is 0.338 e. The van der Waals surface area contributed by atoms with Crippen LogP contribution in [0.5, 0.6) is 11.5 Å². The van der Waals surface area contributed by atoms with Gasteiger partial charge in [0.15, 0.2) is 4.80 Å². The zero-order chi connectivity index (χ0) is 29.1. The van der Waals surface area contributed by atoms with Crippen LogP contribution in [0.4, 0.5) is 0 Å². The Morgan fingerprint density at radius 3 is 2.41 bits per heavy atom. The van der Waals surface area contributed by atoms with E-state index in [-0.39, 0.29) is 12.2 Å². The molecule has 1 atom stereocenters. The number of esters is 1. The number of fused-ring (bicyclic) bond motifs is 1. The summed E-state index contributed by atoms with van der Waals surface area (Å²) in [4.78, 5) is 31.9. The lowest BCUT2D eigenvalue weighted by atomic mass is 9.96. The molecule has 210 valence electrons. The molecule has 10 heteroatoms. The highest BCUT2D eigenvalue weighted by atomic mass is 35.5. The fourth-order valence-electron chi connectivity index (χ4n) is 4.50. The number of nitrogens with zero attached hydrogens (tertiary/aromatic N) is 2. The molecule has 0 bridgehead atoms. The van der Waals surface area contributed by atoms with Crippen LogP contribution in [0.1, 0.15) is 36.6 Å². The Labute approximate surface area is 250 Å². The van der Waals surface area contributed by atoms with E-state index in [1.807, 2.05) is 42.5 Å². The highest BCUT2D eigenvalue weighted by molar-refractivity contribution is 7.07. The molecule has 1 aliphatic rings. The highest BCUT2D eigenvalue weighted by Gasteiger charge is 2.33. The molecule has 0 aliphatic carbocycles. The van der Waals surface area contributed by atoms with E-state index in [0.29, 0.717) is 48.8 Å². The lowest BCUT2D eigenvalue weighted by Gasteiger charge is -2.24. The molecule has 0 fully saturated rings. The molecule has 7 nitrogen and oxygen atoms in total. The second-order valence-corrected chi connectivity index (χ2v) is 11.0. The first-order valence-electron chi connectivity index (χ1n) is 12.8. The molecule has 3 aromatic carbocycles. The van der Waals surface area contributed by atoms with E-state index in [4.69, 9.17) is 37.4 Å². The Kier molecular flexibility index (Phi) is 8.63. The fourth-order valence-corrected chi connectivity index (χ4v) is 6.01. The van der Waals surface area contributed by atoms with E-state index >= 15 is 0 Å². The van der Waals surface area contributed by atoms with Gasteiger partial charge >= 0.3 is 5.97 Å². The second kappa shape index (κ2) is 12.3. The first-order chi connectivity index (χ1) is 19.8. The molecule has 0 spiro atoms. The normalized spacial score (nSPS) is 14.9. The van der Waals surface area contributed by atoms with Gasteiger partial charge in [0.2, 0.25) is 0 Å². The molecule has 0 radical (unpaired) electrons. The molecule has 0 saturated heterocycles. The van der Waals surface area contributed by atoms with E-state index in [0.717, 1.165) is 16.7 Å². The third-order valence-electron chi connectivity index (χ3n) is 6.54. The molecule has 1 aromatic heterocycles. The van der Waals surface area contributed by atoms with Crippen molar-refractivity contribution in [3.05, 3.63) is 124 Å². The summed E-state index contributed by atoms with van der Waals surface area (Å²) in [6.07, 6.45) is 1.80. The SMILES string of the molecule is CCOC(=O)C1=C(C)N=c2sc(=Cc3ccc(OCc4ccc(Cl)cc4Cl)cc3)c(=O)n2C1c1ccc(OC)cc1. The number of hydrogen-bond donors (Lipinski definition) is 0. The van der Waals surface area contributed by atoms with Crippen LogP contribution in [-0.2, 0) is 16.1 Å². The van der Waals surface area contributed by atoms with Crippen LogP contribution in [0.25, 0.3) is 6.08 Å². The van der Waals surface area contributed by atoms with Crippen LogP contribution in [-0.4, -0.2) is 24.3 Å². The summed E-state index contributed by atoms with van der Waals surface area (Å²) in [6.45, 7) is 4.01. The van der Waals surface area contributed by atoms with Crippen molar-refractivity contribution in [1.29, 1.82) is 0 Å². The zero-order valence-corrected chi connectivity index (χ0v) is 24.8. The van der Waals surface area contributed by atoms with Gasteiger partial charge in [-0.25, -0.2) is 9.79 Å². The molecule has 0 N–H and O–H groups in total. The van der Waals surface area contributed by atoms with Crippen LogP contribution >= 0.6 is 34.5 Å². The number of halogens is 2. The molecule has 5 rings (SSSR count). The van der Waals surface area contributed by atoms with Crippen molar-refractivity contribution in [3.63, 3.8) is 0 Å². The molecular formula is C31H26Cl2N2O5S. The maximum atomic E-state index is 13.8. The summed E-state index contributed by atoms with van der Waals surface area (Å²) in [5.74, 6) is 0.825. The maximum absolute atomic E-state index is 13.8. The summed E-state index contributed by atoms with van der Waals surface area (Å²) in [6, 6.07) is 19.3. The summed E-state index contributed by atoms with van der Waals surface area (Å²) in [5, 5.41) is 1.11. The Balaban J connectivity index is 1.48. The number of rotatable bonds is 8. The summed E-state index contributed by atoms with van der Waals surface area (Å²) in [5.41, 5.74) is 2.98. The maximum Gasteiger partial charge on any atom is 0.338 e. The average molecular weight is 610 g/mol. The number of methoxy groups -OCH3 is 1. The standard InChI is InChI=1S/C31H26Cl2N2O5S/c1-4-39-30(37)27-18(2)34-31-35(28(27)20-8-13-23(38-3)14-9-20)29(36)26(41-31)15-19-5-11-24(12-6-19)40-17-21-7-10-22(32)16-25(21)33/h5-16,28H,4,17H2,1-3H3. The zero-order valence-electron chi connectivity index (χ0n) is 22.5. The molecule has 1 aliphatic heterocycles. The third kappa shape index (κ3) is 6.10. The first kappa shape index (κ1) is 28.7. The lowest BCUT2D eigenvalue weighted by Crippen LogP contribution is -2.39. The number of allylic oxidation sites excluding steroid dienone is 1. The van der Waals surface area contributed by atoms with Crippen molar-refractivity contribution in [2.75, 3.05) is 13.7 Å². The number of thiazole rings is 1. The van der Waals surface area contributed by atoms with Gasteiger partial charge in [0.25, 0.3) is 5.56 Å². The quantitative estimate of drug-likeness (QED) is 0.240. The van der Waals surface area contributed by atoms with Crippen LogP contribution < -0.4 is 24.4 Å². The van der Waals surface area contributed by atoms with Gasteiger partial charge in [0.05, 0.1) is 35.6 Å². The van der Waals surface area contributed by atoms with Crippen molar-refractivity contribution < 1.29 is 19.0 Å². The molecule has 1 unspecified atom stereocenters. The van der Waals surface area contributed by atoms with E-state index in [1.165, 1.54) is 11.3 Å². The number of ether oxygens (including phenoxy) is 3. The molecule has 0 saturated carbocycles. The van der Waals surface area contributed by atoms with Gasteiger partial charge in [0.1, 0.15) is 18.1 Å². The van der Waals surface area contributed by atoms with Crippen LogP contribution in [0.3, 0.4) is 0 Å². The van der Waals surface area contributed by atoms with Crippen molar-refractivity contribution >= 4 is 46.6 Å². The highest BCUT2D eigenvalue weighted by Crippen LogP contribution is 2.31. The van der Waals surface area contributed by atoms with Crippen molar-refractivity contribution in [2.45, 2.75) is 26.5 Å². The average Bonchev–Trinajstić information content (AvgIpc) is 3.26. The van der Waals surface area contributed by atoms with Gasteiger partial charge in [-0.15, -0.1) is 0 Å².